The monoisotopic (exact) mass is 156 g/mol. The third-order valence-electron chi connectivity index (χ3n) is 1.85. The van der Waals surface area contributed by atoms with E-state index >= 15 is 0 Å². The first-order chi connectivity index (χ1) is 5.18. The van der Waals surface area contributed by atoms with Crippen LogP contribution in [0.15, 0.2) is 11.8 Å². The normalized spacial score (nSPS) is 24.1. The van der Waals surface area contributed by atoms with Crippen LogP contribution in [0.25, 0.3) is 0 Å². The van der Waals surface area contributed by atoms with Gasteiger partial charge in [-0.05, 0) is 24.8 Å². The van der Waals surface area contributed by atoms with Gasteiger partial charge in [-0.1, -0.05) is 6.92 Å². The highest BCUT2D eigenvalue weighted by molar-refractivity contribution is 5.58. The van der Waals surface area contributed by atoms with Crippen molar-refractivity contribution < 1.29 is 14.6 Å². The lowest BCUT2D eigenvalue weighted by Crippen LogP contribution is -2.07. The molecule has 11 heavy (non-hydrogen) atoms. The topological polar surface area (TPSA) is 46.5 Å². The van der Waals surface area contributed by atoms with Crippen molar-refractivity contribution in [3.05, 3.63) is 11.8 Å². The van der Waals surface area contributed by atoms with Crippen molar-refractivity contribution in [2.75, 3.05) is 0 Å². The number of hydrogen-bond donors (Lipinski definition) is 1. The smallest absolute Gasteiger partial charge is 0.449 e. The molecule has 0 aliphatic heterocycles. The Morgan fingerprint density at radius 2 is 2.55 bits per heavy atom. The van der Waals surface area contributed by atoms with E-state index in [4.69, 9.17) is 5.11 Å². The van der Waals surface area contributed by atoms with Crippen LogP contribution in [0.2, 0.25) is 0 Å². The highest BCUT2D eigenvalue weighted by atomic mass is 16.7. The van der Waals surface area contributed by atoms with Gasteiger partial charge in [-0.3, -0.25) is 0 Å². The maximum atomic E-state index is 10.1. The molecule has 62 valence electrons. The van der Waals surface area contributed by atoms with E-state index in [0.29, 0.717) is 11.7 Å². The van der Waals surface area contributed by atoms with E-state index < -0.39 is 6.16 Å². The third-order valence-corrected chi connectivity index (χ3v) is 1.85. The lowest BCUT2D eigenvalue weighted by Gasteiger charge is -2.16. The van der Waals surface area contributed by atoms with Gasteiger partial charge in [0.25, 0.3) is 0 Å². The summed E-state index contributed by atoms with van der Waals surface area (Å²) in [5.74, 6) is 1.27. The van der Waals surface area contributed by atoms with Gasteiger partial charge >= 0.3 is 6.16 Å². The Hall–Kier alpha value is -0.990. The van der Waals surface area contributed by atoms with Crippen LogP contribution in [-0.2, 0) is 4.74 Å². The van der Waals surface area contributed by atoms with Crippen molar-refractivity contribution in [1.82, 2.24) is 0 Å². The lowest BCUT2D eigenvalue weighted by atomic mass is 9.95. The average molecular weight is 156 g/mol. The summed E-state index contributed by atoms with van der Waals surface area (Å²) in [5.41, 5.74) is 0. The largest absolute Gasteiger partial charge is 0.511 e. The average Bonchev–Trinajstić information content (AvgIpc) is 1.93. The second kappa shape index (κ2) is 3.42. The molecule has 0 aromatic rings. The van der Waals surface area contributed by atoms with Crippen LogP contribution in [0.5, 0.6) is 0 Å². The van der Waals surface area contributed by atoms with Crippen molar-refractivity contribution in [2.24, 2.45) is 5.92 Å². The molecule has 0 aromatic heterocycles. The van der Waals surface area contributed by atoms with Crippen molar-refractivity contribution in [3.63, 3.8) is 0 Å². The van der Waals surface area contributed by atoms with Gasteiger partial charge < -0.3 is 9.84 Å². The lowest BCUT2D eigenvalue weighted by molar-refractivity contribution is 0.113. The van der Waals surface area contributed by atoms with E-state index in [1.54, 1.807) is 0 Å². The first kappa shape index (κ1) is 8.11. The quantitative estimate of drug-likeness (QED) is 0.593. The van der Waals surface area contributed by atoms with Crippen LogP contribution >= 0.6 is 0 Å². The number of rotatable bonds is 1. The Bertz CT molecular complexity index is 184. The number of carbonyl (C=O) groups is 1. The molecule has 0 spiro atoms. The summed E-state index contributed by atoms with van der Waals surface area (Å²) in [6.45, 7) is 2.15. The van der Waals surface area contributed by atoms with E-state index in [1.165, 1.54) is 0 Å². The molecule has 0 bridgehead atoms. The summed E-state index contributed by atoms with van der Waals surface area (Å²) in [5, 5.41) is 8.27. The minimum atomic E-state index is -1.20. The van der Waals surface area contributed by atoms with Crippen molar-refractivity contribution >= 4 is 6.16 Å². The zero-order valence-corrected chi connectivity index (χ0v) is 6.54. The molecule has 0 amide bonds. The zero-order valence-electron chi connectivity index (χ0n) is 6.54. The van der Waals surface area contributed by atoms with Gasteiger partial charge in [0.15, 0.2) is 0 Å². The second-order valence-electron chi connectivity index (χ2n) is 2.92. The molecular weight excluding hydrogens is 144 g/mol. The minimum absolute atomic E-state index is 0.607. The van der Waals surface area contributed by atoms with Crippen molar-refractivity contribution in [2.45, 2.75) is 26.2 Å². The molecule has 3 nitrogen and oxygen atoms in total. The first-order valence-electron chi connectivity index (χ1n) is 3.78. The standard InChI is InChI=1S/C8H12O3/c1-6-2-4-7(5-3-6)11-8(9)10/h4,6H,2-3,5H2,1H3,(H,9,10). The number of carboxylic acid groups (broad SMARTS) is 1. The summed E-state index contributed by atoms with van der Waals surface area (Å²) in [4.78, 5) is 10.1. The van der Waals surface area contributed by atoms with Gasteiger partial charge in [0.1, 0.15) is 5.76 Å². The zero-order chi connectivity index (χ0) is 8.27. The maximum absolute atomic E-state index is 10.1. The fourth-order valence-electron chi connectivity index (χ4n) is 1.15. The molecule has 1 unspecified atom stereocenters. The molecule has 0 saturated carbocycles. The fourth-order valence-corrected chi connectivity index (χ4v) is 1.15. The first-order valence-corrected chi connectivity index (χ1v) is 3.78. The molecule has 1 atom stereocenters. The summed E-state index contributed by atoms with van der Waals surface area (Å²) in [6, 6.07) is 0. The van der Waals surface area contributed by atoms with Gasteiger partial charge in [0.2, 0.25) is 0 Å². The molecule has 1 aliphatic carbocycles. The van der Waals surface area contributed by atoms with Crippen LogP contribution in [0.1, 0.15) is 26.2 Å². The van der Waals surface area contributed by atoms with Crippen LogP contribution in [-0.4, -0.2) is 11.3 Å². The molecule has 0 fully saturated rings. The van der Waals surface area contributed by atoms with Crippen molar-refractivity contribution in [3.8, 4) is 0 Å². The predicted octanol–water partition coefficient (Wildman–Crippen LogP) is 2.38. The molecule has 0 radical (unpaired) electrons. The van der Waals surface area contributed by atoms with E-state index in [1.807, 2.05) is 6.08 Å². The number of hydrogen-bond acceptors (Lipinski definition) is 2. The molecule has 3 heteroatoms. The second-order valence-corrected chi connectivity index (χ2v) is 2.92. The van der Waals surface area contributed by atoms with Gasteiger partial charge in [-0.15, -0.1) is 0 Å². The van der Waals surface area contributed by atoms with E-state index in [-0.39, 0.29) is 0 Å². The Morgan fingerprint density at radius 1 is 1.82 bits per heavy atom. The predicted molar refractivity (Wildman–Crippen MR) is 40.2 cm³/mol. The van der Waals surface area contributed by atoms with Crippen molar-refractivity contribution in [1.29, 1.82) is 0 Å². The molecule has 0 aromatic carbocycles. The summed E-state index contributed by atoms with van der Waals surface area (Å²) in [7, 11) is 0. The number of ether oxygens (including phenoxy) is 1. The Morgan fingerprint density at radius 3 is 3.00 bits per heavy atom. The summed E-state index contributed by atoms with van der Waals surface area (Å²) in [6.07, 6.45) is 3.38. The van der Waals surface area contributed by atoms with Gasteiger partial charge in [-0.2, -0.15) is 0 Å². The maximum Gasteiger partial charge on any atom is 0.511 e. The highest BCUT2D eigenvalue weighted by Crippen LogP contribution is 2.23. The molecule has 1 rings (SSSR count). The Labute approximate surface area is 65.7 Å². The van der Waals surface area contributed by atoms with Gasteiger partial charge in [-0.25, -0.2) is 4.79 Å². The minimum Gasteiger partial charge on any atom is -0.449 e. The molecular formula is C8H12O3. The molecule has 1 aliphatic rings. The van der Waals surface area contributed by atoms with Crippen LogP contribution in [0.4, 0.5) is 4.79 Å². The third kappa shape index (κ3) is 2.62. The van der Waals surface area contributed by atoms with Crippen LogP contribution in [0, 0.1) is 5.92 Å². The molecule has 1 N–H and O–H groups in total. The van der Waals surface area contributed by atoms with E-state index in [2.05, 4.69) is 11.7 Å². The highest BCUT2D eigenvalue weighted by Gasteiger charge is 2.12. The Kier molecular flexibility index (Phi) is 2.52. The van der Waals surface area contributed by atoms with Crippen LogP contribution in [0.3, 0.4) is 0 Å². The number of allylic oxidation sites excluding steroid dienone is 2. The van der Waals surface area contributed by atoms with E-state index in [0.717, 1.165) is 19.3 Å². The SMILES string of the molecule is CC1CC=C(OC(=O)O)CC1. The fraction of sp³-hybridized carbons (Fsp3) is 0.625. The Balaban J connectivity index is 2.41. The molecule has 0 heterocycles. The van der Waals surface area contributed by atoms with Gasteiger partial charge in [0, 0.05) is 6.42 Å². The molecule has 0 saturated heterocycles. The summed E-state index contributed by atoms with van der Waals surface area (Å²) < 4.78 is 4.52. The van der Waals surface area contributed by atoms with Crippen LogP contribution < -0.4 is 0 Å². The van der Waals surface area contributed by atoms with Gasteiger partial charge in [0.05, 0.1) is 0 Å². The summed E-state index contributed by atoms with van der Waals surface area (Å²) >= 11 is 0. The van der Waals surface area contributed by atoms with E-state index in [9.17, 15) is 4.79 Å².